The Bertz CT molecular complexity index is 426. The summed E-state index contributed by atoms with van der Waals surface area (Å²) in [6, 6.07) is 6.26. The highest BCUT2D eigenvalue weighted by Gasteiger charge is 2.30. The summed E-state index contributed by atoms with van der Waals surface area (Å²) in [6.45, 7) is 4.02. The maximum absolute atomic E-state index is 12.5. The van der Waals surface area contributed by atoms with Crippen LogP contribution in [0.25, 0.3) is 0 Å². The lowest BCUT2D eigenvalue weighted by molar-refractivity contribution is -0.137. The Hall–Kier alpha value is -0.780. The van der Waals surface area contributed by atoms with Crippen molar-refractivity contribution in [2.45, 2.75) is 38.0 Å². The molecule has 0 bridgehead atoms. The Morgan fingerprint density at radius 2 is 1.67 bits per heavy atom. The molecule has 1 fully saturated rings. The van der Waals surface area contributed by atoms with E-state index < -0.39 is 11.7 Å². The maximum Gasteiger partial charge on any atom is 0.416 e. The third kappa shape index (κ3) is 4.59. The number of hydrogen-bond acceptors (Lipinski definition) is 2. The van der Waals surface area contributed by atoms with Crippen molar-refractivity contribution in [2.24, 2.45) is 0 Å². The molecule has 0 amide bonds. The Labute approximate surface area is 130 Å². The first kappa shape index (κ1) is 18.3. The fourth-order valence-electron chi connectivity index (χ4n) is 2.74. The summed E-state index contributed by atoms with van der Waals surface area (Å²) in [7, 11) is 1.97. The van der Waals surface area contributed by atoms with Crippen LogP contribution in [-0.4, -0.2) is 31.1 Å². The van der Waals surface area contributed by atoms with Gasteiger partial charge >= 0.3 is 6.18 Å². The predicted molar refractivity (Wildman–Crippen MR) is 80.8 cm³/mol. The highest BCUT2D eigenvalue weighted by molar-refractivity contribution is 5.85. The highest BCUT2D eigenvalue weighted by atomic mass is 35.5. The zero-order valence-electron chi connectivity index (χ0n) is 12.3. The van der Waals surface area contributed by atoms with Crippen molar-refractivity contribution in [3.8, 4) is 0 Å². The van der Waals surface area contributed by atoms with Gasteiger partial charge in [0.25, 0.3) is 0 Å². The monoisotopic (exact) mass is 322 g/mol. The van der Waals surface area contributed by atoms with Gasteiger partial charge in [0.2, 0.25) is 0 Å². The molecule has 0 aromatic heterocycles. The van der Waals surface area contributed by atoms with Crippen molar-refractivity contribution in [3.05, 3.63) is 35.4 Å². The summed E-state index contributed by atoms with van der Waals surface area (Å²) in [5.74, 6) is 0. The molecule has 1 atom stereocenters. The second-order valence-electron chi connectivity index (χ2n) is 5.39. The molecule has 2 rings (SSSR count). The van der Waals surface area contributed by atoms with Crippen LogP contribution in [0, 0.1) is 0 Å². The smallest absolute Gasteiger partial charge is 0.317 e. The standard InChI is InChI=1S/C15H21F3N2.ClH/c1-11(20-9-7-14(19-2)8-10-20)12-3-5-13(6-4-12)15(16,17)18;/h3-6,11,14,19H,7-10H2,1-2H3;1H. The van der Waals surface area contributed by atoms with Gasteiger partial charge < -0.3 is 5.32 Å². The molecule has 120 valence electrons. The number of halogens is 4. The average molecular weight is 323 g/mol. The van der Waals surface area contributed by atoms with Crippen molar-refractivity contribution in [1.82, 2.24) is 10.2 Å². The molecule has 1 aliphatic heterocycles. The van der Waals surface area contributed by atoms with E-state index in [1.165, 1.54) is 12.1 Å². The SMILES string of the molecule is CNC1CCN(C(C)c2ccc(C(F)(F)F)cc2)CC1.Cl. The van der Waals surface area contributed by atoms with Crippen LogP contribution in [0.2, 0.25) is 0 Å². The molecule has 2 nitrogen and oxygen atoms in total. The van der Waals surface area contributed by atoms with Gasteiger partial charge in [0.1, 0.15) is 0 Å². The van der Waals surface area contributed by atoms with Crippen LogP contribution < -0.4 is 5.32 Å². The Balaban J connectivity index is 0.00000220. The molecular formula is C15H22ClF3N2. The quantitative estimate of drug-likeness (QED) is 0.908. The molecule has 0 saturated carbocycles. The van der Waals surface area contributed by atoms with Gasteiger partial charge in [0.15, 0.2) is 0 Å². The fraction of sp³-hybridized carbons (Fsp3) is 0.600. The van der Waals surface area contributed by atoms with Crippen LogP contribution in [0.5, 0.6) is 0 Å². The molecule has 0 aliphatic carbocycles. The van der Waals surface area contributed by atoms with Gasteiger partial charge in [-0.15, -0.1) is 12.4 Å². The molecule has 1 aromatic rings. The third-order valence-corrected chi connectivity index (χ3v) is 4.21. The number of piperidine rings is 1. The molecule has 1 heterocycles. The van der Waals surface area contributed by atoms with E-state index in [1.807, 2.05) is 7.05 Å². The van der Waals surface area contributed by atoms with E-state index in [9.17, 15) is 13.2 Å². The molecule has 1 unspecified atom stereocenters. The number of nitrogens with zero attached hydrogens (tertiary/aromatic N) is 1. The first-order valence-electron chi connectivity index (χ1n) is 7.00. The van der Waals surface area contributed by atoms with Gasteiger partial charge in [-0.1, -0.05) is 12.1 Å². The van der Waals surface area contributed by atoms with Crippen molar-refractivity contribution < 1.29 is 13.2 Å². The van der Waals surface area contributed by atoms with Crippen molar-refractivity contribution in [1.29, 1.82) is 0 Å². The summed E-state index contributed by atoms with van der Waals surface area (Å²) in [5.41, 5.74) is 0.364. The van der Waals surface area contributed by atoms with E-state index in [2.05, 4.69) is 17.1 Å². The summed E-state index contributed by atoms with van der Waals surface area (Å²) >= 11 is 0. The molecular weight excluding hydrogens is 301 g/mol. The van der Waals surface area contributed by atoms with E-state index >= 15 is 0 Å². The van der Waals surface area contributed by atoms with E-state index in [4.69, 9.17) is 0 Å². The molecule has 1 aromatic carbocycles. The molecule has 6 heteroatoms. The molecule has 0 spiro atoms. The van der Waals surface area contributed by atoms with E-state index in [0.717, 1.165) is 31.5 Å². The van der Waals surface area contributed by atoms with Gasteiger partial charge in [0.05, 0.1) is 5.56 Å². The van der Waals surface area contributed by atoms with Crippen LogP contribution in [0.15, 0.2) is 24.3 Å². The minimum Gasteiger partial charge on any atom is -0.317 e. The minimum absolute atomic E-state index is 0. The van der Waals surface area contributed by atoms with E-state index in [1.54, 1.807) is 12.1 Å². The van der Waals surface area contributed by atoms with Gasteiger partial charge in [-0.05, 0) is 44.5 Å². The summed E-state index contributed by atoms with van der Waals surface area (Å²) in [6.07, 6.45) is -2.09. The van der Waals surface area contributed by atoms with Gasteiger partial charge in [0, 0.05) is 25.2 Å². The molecule has 1 N–H and O–H groups in total. The highest BCUT2D eigenvalue weighted by Crippen LogP contribution is 2.31. The largest absolute Gasteiger partial charge is 0.416 e. The zero-order valence-corrected chi connectivity index (χ0v) is 13.1. The van der Waals surface area contributed by atoms with Crippen molar-refractivity contribution in [3.63, 3.8) is 0 Å². The predicted octanol–water partition coefficient (Wildman–Crippen LogP) is 3.87. The van der Waals surface area contributed by atoms with Crippen molar-refractivity contribution >= 4 is 12.4 Å². The molecule has 21 heavy (non-hydrogen) atoms. The van der Waals surface area contributed by atoms with Crippen LogP contribution in [-0.2, 0) is 6.18 Å². The van der Waals surface area contributed by atoms with Crippen LogP contribution >= 0.6 is 12.4 Å². The lowest BCUT2D eigenvalue weighted by Crippen LogP contribution is -2.42. The number of hydrogen-bond donors (Lipinski definition) is 1. The summed E-state index contributed by atoms with van der Waals surface area (Å²) < 4.78 is 37.6. The number of nitrogens with one attached hydrogen (secondary N) is 1. The number of rotatable bonds is 3. The normalized spacial score (nSPS) is 19.1. The van der Waals surface area contributed by atoms with Crippen LogP contribution in [0.3, 0.4) is 0 Å². The molecule has 1 aliphatic rings. The summed E-state index contributed by atoms with van der Waals surface area (Å²) in [5, 5.41) is 3.28. The molecule has 0 radical (unpaired) electrons. The Kier molecular flexibility index (Phi) is 6.50. The number of likely N-dealkylation sites (tertiary alicyclic amines) is 1. The van der Waals surface area contributed by atoms with E-state index in [0.29, 0.717) is 6.04 Å². The van der Waals surface area contributed by atoms with Gasteiger partial charge in [-0.3, -0.25) is 4.90 Å². The Morgan fingerprint density at radius 3 is 2.10 bits per heavy atom. The maximum atomic E-state index is 12.5. The lowest BCUT2D eigenvalue weighted by Gasteiger charge is -2.36. The zero-order chi connectivity index (χ0) is 14.8. The first-order valence-corrected chi connectivity index (χ1v) is 7.00. The molecule has 1 saturated heterocycles. The minimum atomic E-state index is -4.26. The third-order valence-electron chi connectivity index (χ3n) is 4.21. The second-order valence-corrected chi connectivity index (χ2v) is 5.39. The average Bonchev–Trinajstić information content (AvgIpc) is 2.46. The fourth-order valence-corrected chi connectivity index (χ4v) is 2.74. The topological polar surface area (TPSA) is 15.3 Å². The second kappa shape index (κ2) is 7.47. The van der Waals surface area contributed by atoms with Gasteiger partial charge in [-0.2, -0.15) is 13.2 Å². The van der Waals surface area contributed by atoms with Crippen LogP contribution in [0.4, 0.5) is 13.2 Å². The van der Waals surface area contributed by atoms with Gasteiger partial charge in [-0.25, -0.2) is 0 Å². The van der Waals surface area contributed by atoms with E-state index in [-0.39, 0.29) is 18.4 Å². The first-order chi connectivity index (χ1) is 9.41. The lowest BCUT2D eigenvalue weighted by atomic mass is 9.99. The Morgan fingerprint density at radius 1 is 1.14 bits per heavy atom. The van der Waals surface area contributed by atoms with Crippen molar-refractivity contribution in [2.75, 3.05) is 20.1 Å². The number of benzene rings is 1. The summed E-state index contributed by atoms with van der Waals surface area (Å²) in [4.78, 5) is 2.33. The number of alkyl halides is 3. The van der Waals surface area contributed by atoms with Crippen LogP contribution in [0.1, 0.15) is 36.9 Å².